The largest absolute Gasteiger partial charge is 0.497 e. The Bertz CT molecular complexity index is 968. The molecule has 1 aliphatic heterocycles. The van der Waals surface area contributed by atoms with Gasteiger partial charge in [0.15, 0.2) is 4.87 Å². The molecule has 0 aliphatic carbocycles. The number of carbonyl (C=O) groups is 1. The van der Waals surface area contributed by atoms with Crippen LogP contribution in [0.4, 0.5) is 0 Å². The summed E-state index contributed by atoms with van der Waals surface area (Å²) in [6.07, 6.45) is 0.942. The zero-order valence-electron chi connectivity index (χ0n) is 15.8. The van der Waals surface area contributed by atoms with Crippen LogP contribution in [0, 0.1) is 6.92 Å². The second-order valence-electron chi connectivity index (χ2n) is 6.82. The molecule has 0 saturated carbocycles. The van der Waals surface area contributed by atoms with Crippen LogP contribution in [0.15, 0.2) is 47.4 Å². The molecule has 3 rings (SSSR count). The van der Waals surface area contributed by atoms with Crippen LogP contribution in [0.1, 0.15) is 28.8 Å². The van der Waals surface area contributed by atoms with Gasteiger partial charge in [-0.05, 0) is 68.3 Å². The summed E-state index contributed by atoms with van der Waals surface area (Å²) in [5, 5.41) is 6.29. The fourth-order valence-corrected chi connectivity index (χ4v) is 5.75. The molecule has 6 nitrogen and oxygen atoms in total. The molecule has 1 amide bonds. The quantitative estimate of drug-likeness (QED) is 0.773. The first-order valence-electron chi connectivity index (χ1n) is 8.98. The summed E-state index contributed by atoms with van der Waals surface area (Å²) in [6, 6.07) is 11.3. The van der Waals surface area contributed by atoms with Crippen LogP contribution < -0.4 is 15.4 Å². The lowest BCUT2D eigenvalue weighted by Gasteiger charge is -2.38. The highest BCUT2D eigenvalue weighted by atomic mass is 35.5. The molecule has 0 spiro atoms. The Morgan fingerprint density at radius 1 is 1.21 bits per heavy atom. The van der Waals surface area contributed by atoms with Gasteiger partial charge in [-0.1, -0.05) is 17.7 Å². The topological polar surface area (TPSA) is 84.5 Å². The predicted molar refractivity (Wildman–Crippen MR) is 109 cm³/mol. The number of halogens is 1. The van der Waals surface area contributed by atoms with Crippen molar-refractivity contribution in [1.82, 2.24) is 10.6 Å². The first kappa shape index (κ1) is 20.6. The van der Waals surface area contributed by atoms with Gasteiger partial charge in [-0.15, -0.1) is 0 Å². The molecule has 2 aromatic carbocycles. The molecule has 2 aromatic rings. The van der Waals surface area contributed by atoms with Gasteiger partial charge in [0, 0.05) is 17.1 Å². The zero-order valence-corrected chi connectivity index (χ0v) is 17.4. The van der Waals surface area contributed by atoms with E-state index in [1.807, 2.05) is 0 Å². The Kier molecular flexibility index (Phi) is 5.98. The Morgan fingerprint density at radius 3 is 2.54 bits per heavy atom. The van der Waals surface area contributed by atoms with E-state index in [0.717, 1.165) is 0 Å². The van der Waals surface area contributed by atoms with Crippen molar-refractivity contribution in [3.63, 3.8) is 0 Å². The summed E-state index contributed by atoms with van der Waals surface area (Å²) in [5.74, 6) is 0.169. The van der Waals surface area contributed by atoms with Gasteiger partial charge in [-0.25, -0.2) is 8.42 Å². The van der Waals surface area contributed by atoms with Crippen molar-refractivity contribution >= 4 is 27.3 Å². The number of piperidine rings is 1. The van der Waals surface area contributed by atoms with Gasteiger partial charge in [0.2, 0.25) is 9.84 Å². The molecule has 1 saturated heterocycles. The van der Waals surface area contributed by atoms with Gasteiger partial charge in [0.05, 0.1) is 12.0 Å². The summed E-state index contributed by atoms with van der Waals surface area (Å²) in [5.41, 5.74) is 0.844. The minimum atomic E-state index is -3.90. The average Bonchev–Trinajstić information content (AvgIpc) is 2.70. The lowest BCUT2D eigenvalue weighted by Crippen LogP contribution is -2.62. The minimum absolute atomic E-state index is 0.128. The Morgan fingerprint density at radius 2 is 1.93 bits per heavy atom. The van der Waals surface area contributed by atoms with E-state index in [9.17, 15) is 13.2 Å². The average molecular weight is 423 g/mol. The number of carbonyl (C=O) groups excluding carboxylic acids is 1. The standard InChI is InChI=1S/C20H23ClN2O4S/c1-14-17(21)5-3-6-18(14)28(25,26)20(11-4-12-22-13-20)23-19(24)15-7-9-16(27-2)10-8-15/h3,5-10,22H,4,11-13H2,1-2H3,(H,23,24)/t20-/m0/s1. The Hall–Kier alpha value is -2.09. The molecule has 1 atom stereocenters. The SMILES string of the molecule is COc1ccc(C(=O)N[C@]2(S(=O)(=O)c3cccc(Cl)c3C)CCCNC2)cc1. The van der Waals surface area contributed by atoms with Crippen molar-refractivity contribution in [3.8, 4) is 5.75 Å². The van der Waals surface area contributed by atoms with Crippen molar-refractivity contribution < 1.29 is 17.9 Å². The van der Waals surface area contributed by atoms with E-state index in [0.29, 0.717) is 41.3 Å². The smallest absolute Gasteiger partial charge is 0.252 e. The number of methoxy groups -OCH3 is 1. The lowest BCUT2D eigenvalue weighted by molar-refractivity contribution is 0.0916. The monoisotopic (exact) mass is 422 g/mol. The fraction of sp³-hybridized carbons (Fsp3) is 0.350. The summed E-state index contributed by atoms with van der Waals surface area (Å²) >= 11 is 6.16. The number of hydrogen-bond donors (Lipinski definition) is 2. The van der Waals surface area contributed by atoms with Crippen molar-refractivity contribution in [1.29, 1.82) is 0 Å². The number of nitrogens with one attached hydrogen (secondary N) is 2. The summed E-state index contributed by atoms with van der Waals surface area (Å²) < 4.78 is 32.3. The first-order chi connectivity index (χ1) is 13.3. The lowest BCUT2D eigenvalue weighted by atomic mass is 10.1. The number of rotatable bonds is 5. The number of amides is 1. The number of sulfone groups is 1. The number of ether oxygens (including phenoxy) is 1. The summed E-state index contributed by atoms with van der Waals surface area (Å²) in [6.45, 7) is 2.50. The van der Waals surface area contributed by atoms with Crippen LogP contribution in [-0.2, 0) is 9.84 Å². The van der Waals surface area contributed by atoms with Crippen molar-refractivity contribution in [2.75, 3.05) is 20.2 Å². The predicted octanol–water partition coefficient (Wildman–Crippen LogP) is 2.94. The molecule has 0 bridgehead atoms. The number of benzene rings is 2. The fourth-order valence-electron chi connectivity index (χ4n) is 3.39. The molecule has 8 heteroatoms. The zero-order chi connectivity index (χ0) is 20.4. The van der Waals surface area contributed by atoms with Crippen LogP contribution in [-0.4, -0.2) is 39.4 Å². The van der Waals surface area contributed by atoms with Crippen LogP contribution >= 0.6 is 11.6 Å². The van der Waals surface area contributed by atoms with E-state index in [1.165, 1.54) is 13.2 Å². The van der Waals surface area contributed by atoms with Crippen LogP contribution in [0.5, 0.6) is 5.75 Å². The van der Waals surface area contributed by atoms with E-state index in [-0.39, 0.29) is 11.4 Å². The van der Waals surface area contributed by atoms with E-state index >= 15 is 0 Å². The van der Waals surface area contributed by atoms with Gasteiger partial charge in [-0.2, -0.15) is 0 Å². The summed E-state index contributed by atoms with van der Waals surface area (Å²) in [7, 11) is -2.36. The summed E-state index contributed by atoms with van der Waals surface area (Å²) in [4.78, 5) is 11.6. The van der Waals surface area contributed by atoms with Crippen molar-refractivity contribution in [2.45, 2.75) is 29.5 Å². The molecule has 1 aliphatic rings. The number of hydrogen-bond acceptors (Lipinski definition) is 5. The normalized spacial score (nSPS) is 19.8. The maximum atomic E-state index is 13.6. The van der Waals surface area contributed by atoms with Gasteiger partial charge >= 0.3 is 0 Å². The second-order valence-corrected chi connectivity index (χ2v) is 9.46. The third kappa shape index (κ3) is 3.74. The van der Waals surface area contributed by atoms with Crippen LogP contribution in [0.25, 0.3) is 0 Å². The third-order valence-electron chi connectivity index (χ3n) is 5.06. The molecule has 1 heterocycles. The Labute approximate surface area is 170 Å². The van der Waals surface area contributed by atoms with Crippen molar-refractivity contribution in [3.05, 3.63) is 58.6 Å². The highest BCUT2D eigenvalue weighted by Gasteiger charge is 2.47. The molecule has 150 valence electrons. The first-order valence-corrected chi connectivity index (χ1v) is 10.8. The van der Waals surface area contributed by atoms with Gasteiger partial charge < -0.3 is 15.4 Å². The minimum Gasteiger partial charge on any atom is -0.497 e. The van der Waals surface area contributed by atoms with Crippen LogP contribution in [0.2, 0.25) is 5.02 Å². The maximum absolute atomic E-state index is 13.6. The van der Waals surface area contributed by atoms with E-state index < -0.39 is 20.6 Å². The van der Waals surface area contributed by atoms with E-state index in [4.69, 9.17) is 16.3 Å². The van der Waals surface area contributed by atoms with E-state index in [2.05, 4.69) is 10.6 Å². The molecule has 1 fully saturated rings. The van der Waals surface area contributed by atoms with Gasteiger partial charge in [0.1, 0.15) is 5.75 Å². The Balaban J connectivity index is 2.00. The van der Waals surface area contributed by atoms with Crippen molar-refractivity contribution in [2.24, 2.45) is 0 Å². The van der Waals surface area contributed by atoms with Gasteiger partial charge in [0.25, 0.3) is 5.91 Å². The molecule has 0 unspecified atom stereocenters. The molecule has 2 N–H and O–H groups in total. The maximum Gasteiger partial charge on any atom is 0.252 e. The third-order valence-corrected chi connectivity index (χ3v) is 7.97. The molecule has 28 heavy (non-hydrogen) atoms. The van der Waals surface area contributed by atoms with E-state index in [1.54, 1.807) is 43.3 Å². The molecule has 0 radical (unpaired) electrons. The van der Waals surface area contributed by atoms with Crippen LogP contribution in [0.3, 0.4) is 0 Å². The highest BCUT2D eigenvalue weighted by Crippen LogP contribution is 2.34. The van der Waals surface area contributed by atoms with Gasteiger partial charge in [-0.3, -0.25) is 4.79 Å². The highest BCUT2D eigenvalue weighted by molar-refractivity contribution is 7.93. The molecular formula is C20H23ClN2O4S. The molecule has 0 aromatic heterocycles. The second kappa shape index (κ2) is 8.11. The molecular weight excluding hydrogens is 400 g/mol.